The summed E-state index contributed by atoms with van der Waals surface area (Å²) in [7, 11) is 3.11. The molecule has 0 bridgehead atoms. The molecular formula is C24H26ClN3O3S. The highest BCUT2D eigenvalue weighted by Gasteiger charge is 2.33. The molecule has 0 spiro atoms. The Bertz CT molecular complexity index is 1190. The Morgan fingerprint density at radius 1 is 1.16 bits per heavy atom. The summed E-state index contributed by atoms with van der Waals surface area (Å²) >= 11 is 8.20. The Morgan fingerprint density at radius 3 is 2.72 bits per heavy atom. The highest BCUT2D eigenvalue weighted by Crippen LogP contribution is 2.43. The lowest BCUT2D eigenvalue weighted by Gasteiger charge is -2.28. The van der Waals surface area contributed by atoms with Crippen LogP contribution >= 0.6 is 22.9 Å². The number of benzene rings is 1. The van der Waals surface area contributed by atoms with Gasteiger partial charge in [0.2, 0.25) is 0 Å². The fourth-order valence-electron chi connectivity index (χ4n) is 4.75. The number of nitrogens with one attached hydrogen (secondary N) is 1. The van der Waals surface area contributed by atoms with Crippen molar-refractivity contribution in [3.05, 3.63) is 57.2 Å². The molecule has 2 aliphatic rings. The van der Waals surface area contributed by atoms with Crippen molar-refractivity contribution in [2.75, 3.05) is 19.5 Å². The maximum absolute atomic E-state index is 13.6. The lowest BCUT2D eigenvalue weighted by atomic mass is 9.95. The van der Waals surface area contributed by atoms with Gasteiger partial charge in [0.25, 0.3) is 0 Å². The van der Waals surface area contributed by atoms with Gasteiger partial charge in [0, 0.05) is 28.4 Å². The number of hydrogen-bond acceptors (Lipinski definition) is 4. The Hall–Kier alpha value is -2.64. The molecule has 8 heteroatoms. The van der Waals surface area contributed by atoms with Gasteiger partial charge in [0.05, 0.1) is 37.5 Å². The van der Waals surface area contributed by atoms with Crippen LogP contribution in [0.3, 0.4) is 0 Å². The summed E-state index contributed by atoms with van der Waals surface area (Å²) in [5.41, 5.74) is 4.34. The number of carbonyl (C=O) groups is 1. The molecule has 0 radical (unpaired) electrons. The zero-order valence-electron chi connectivity index (χ0n) is 18.4. The minimum atomic E-state index is -0.187. The van der Waals surface area contributed by atoms with Crippen molar-refractivity contribution in [1.82, 2.24) is 9.47 Å². The molecule has 1 N–H and O–H groups in total. The quantitative estimate of drug-likeness (QED) is 0.495. The van der Waals surface area contributed by atoms with E-state index in [9.17, 15) is 4.79 Å². The summed E-state index contributed by atoms with van der Waals surface area (Å²) in [4.78, 5) is 16.9. The maximum Gasteiger partial charge on any atom is 0.322 e. The normalized spacial score (nSPS) is 17.1. The number of nitrogens with zero attached hydrogens (tertiary/aromatic N) is 2. The number of methoxy groups -OCH3 is 2. The summed E-state index contributed by atoms with van der Waals surface area (Å²) in [6, 6.07) is 7.23. The number of aromatic nitrogens is 1. The van der Waals surface area contributed by atoms with Gasteiger partial charge in [-0.05, 0) is 56.4 Å². The van der Waals surface area contributed by atoms with Crippen LogP contribution in [-0.2, 0) is 19.4 Å². The number of anilines is 1. The molecule has 0 saturated carbocycles. The molecule has 32 heavy (non-hydrogen) atoms. The number of carbonyl (C=O) groups excluding carboxylic acids is 1. The highest BCUT2D eigenvalue weighted by atomic mass is 35.5. The number of aryl methyl sites for hydroxylation is 1. The number of ether oxygens (including phenoxy) is 2. The molecule has 2 amide bonds. The van der Waals surface area contributed by atoms with Gasteiger partial charge in [-0.2, -0.15) is 0 Å². The van der Waals surface area contributed by atoms with Crippen molar-refractivity contribution in [2.45, 2.75) is 45.2 Å². The number of fused-ring (bicyclic) bond motifs is 5. The highest BCUT2D eigenvalue weighted by molar-refractivity contribution is 7.15. The molecule has 1 aliphatic heterocycles. The molecular weight excluding hydrogens is 446 g/mol. The zero-order valence-corrected chi connectivity index (χ0v) is 20.0. The Labute approximate surface area is 196 Å². The second-order valence-corrected chi connectivity index (χ2v) is 9.71. The third-order valence-electron chi connectivity index (χ3n) is 6.46. The number of rotatable bonds is 3. The molecule has 1 aliphatic carbocycles. The van der Waals surface area contributed by atoms with E-state index in [1.54, 1.807) is 26.4 Å². The van der Waals surface area contributed by atoms with E-state index in [0.29, 0.717) is 28.8 Å². The van der Waals surface area contributed by atoms with Gasteiger partial charge >= 0.3 is 6.03 Å². The molecule has 1 aromatic carbocycles. The summed E-state index contributed by atoms with van der Waals surface area (Å²) < 4.78 is 13.0. The molecule has 3 heterocycles. The average molecular weight is 472 g/mol. The van der Waals surface area contributed by atoms with Crippen molar-refractivity contribution in [1.29, 1.82) is 0 Å². The lowest BCUT2D eigenvalue weighted by Crippen LogP contribution is -2.36. The van der Waals surface area contributed by atoms with Gasteiger partial charge in [-0.15, -0.1) is 11.3 Å². The Kier molecular flexibility index (Phi) is 5.55. The third-order valence-corrected chi connectivity index (χ3v) is 8.09. The van der Waals surface area contributed by atoms with E-state index in [1.165, 1.54) is 33.8 Å². The van der Waals surface area contributed by atoms with Crippen molar-refractivity contribution >= 4 is 34.7 Å². The molecule has 5 rings (SSSR count). The van der Waals surface area contributed by atoms with E-state index in [1.807, 2.05) is 16.2 Å². The van der Waals surface area contributed by atoms with Crippen LogP contribution in [0, 0.1) is 0 Å². The van der Waals surface area contributed by atoms with Gasteiger partial charge in [-0.25, -0.2) is 4.79 Å². The fourth-order valence-corrected chi connectivity index (χ4v) is 6.40. The largest absolute Gasteiger partial charge is 0.495 e. The topological polar surface area (TPSA) is 55.7 Å². The fraction of sp³-hybridized carbons (Fsp3) is 0.375. The average Bonchev–Trinajstić information content (AvgIpc) is 3.39. The molecule has 168 valence electrons. The van der Waals surface area contributed by atoms with Crippen molar-refractivity contribution in [2.24, 2.45) is 0 Å². The predicted octanol–water partition coefficient (Wildman–Crippen LogP) is 6.20. The number of halogens is 1. The number of urea groups is 1. The molecule has 6 nitrogen and oxygen atoms in total. The van der Waals surface area contributed by atoms with Crippen molar-refractivity contribution in [3.8, 4) is 16.5 Å². The van der Waals surface area contributed by atoms with Crippen LogP contribution in [0.15, 0.2) is 30.5 Å². The van der Waals surface area contributed by atoms with E-state index in [2.05, 4.69) is 35.1 Å². The van der Waals surface area contributed by atoms with E-state index >= 15 is 0 Å². The first kappa shape index (κ1) is 21.2. The predicted molar refractivity (Wildman–Crippen MR) is 128 cm³/mol. The lowest BCUT2D eigenvalue weighted by molar-refractivity contribution is 0.189. The molecule has 1 atom stereocenters. The standard InChI is InChI=1S/C24H26ClN3O3S/c1-14-19-8-6-10-27(19)23-16(15-7-4-5-9-22(15)32-23)13-28(14)24(29)26-18-11-17(25)20(30-2)12-21(18)31-3/h6,8,10-12,14H,4-5,7,9,13H2,1-3H3,(H,26,29). The smallest absolute Gasteiger partial charge is 0.322 e. The summed E-state index contributed by atoms with van der Waals surface area (Å²) in [5, 5.41) is 4.69. The first-order valence-electron chi connectivity index (χ1n) is 10.8. The Morgan fingerprint density at radius 2 is 1.94 bits per heavy atom. The first-order valence-corrected chi connectivity index (χ1v) is 12.0. The van der Waals surface area contributed by atoms with Crippen LogP contribution in [0.2, 0.25) is 5.02 Å². The van der Waals surface area contributed by atoms with Crippen LogP contribution in [-0.4, -0.2) is 29.7 Å². The SMILES string of the molecule is COc1cc(OC)c(NC(=O)N2Cc3c(sc4c3CCCC4)-n3cccc3C2C)cc1Cl. The van der Waals surface area contributed by atoms with E-state index < -0.39 is 0 Å². The van der Waals surface area contributed by atoms with Gasteiger partial charge < -0.3 is 24.3 Å². The van der Waals surface area contributed by atoms with Crippen LogP contribution in [0.5, 0.6) is 11.5 Å². The van der Waals surface area contributed by atoms with Crippen LogP contribution < -0.4 is 14.8 Å². The van der Waals surface area contributed by atoms with Crippen molar-refractivity contribution < 1.29 is 14.3 Å². The summed E-state index contributed by atoms with van der Waals surface area (Å²) in [5.74, 6) is 0.996. The first-order chi connectivity index (χ1) is 15.5. The molecule has 2 aromatic heterocycles. The van der Waals surface area contributed by atoms with Crippen molar-refractivity contribution in [3.63, 3.8) is 0 Å². The van der Waals surface area contributed by atoms with E-state index in [0.717, 1.165) is 18.5 Å². The number of thiophene rings is 1. The van der Waals surface area contributed by atoms with E-state index in [4.69, 9.17) is 21.1 Å². The third kappa shape index (κ3) is 3.44. The van der Waals surface area contributed by atoms with Gasteiger partial charge in [-0.3, -0.25) is 0 Å². The van der Waals surface area contributed by atoms with Crippen LogP contribution in [0.25, 0.3) is 5.00 Å². The monoisotopic (exact) mass is 471 g/mol. The van der Waals surface area contributed by atoms with E-state index in [-0.39, 0.29) is 12.1 Å². The minimum Gasteiger partial charge on any atom is -0.495 e. The van der Waals surface area contributed by atoms with Crippen LogP contribution in [0.4, 0.5) is 10.5 Å². The molecule has 3 aromatic rings. The van der Waals surface area contributed by atoms with Gasteiger partial charge in [0.15, 0.2) is 0 Å². The van der Waals surface area contributed by atoms with Crippen LogP contribution in [0.1, 0.15) is 47.5 Å². The van der Waals surface area contributed by atoms with Gasteiger partial charge in [-0.1, -0.05) is 11.6 Å². The second kappa shape index (κ2) is 8.37. The summed E-state index contributed by atoms with van der Waals surface area (Å²) in [6.07, 6.45) is 6.78. The molecule has 0 saturated heterocycles. The summed E-state index contributed by atoms with van der Waals surface area (Å²) in [6.45, 7) is 2.65. The van der Waals surface area contributed by atoms with Gasteiger partial charge in [0.1, 0.15) is 16.5 Å². The maximum atomic E-state index is 13.6. The zero-order chi connectivity index (χ0) is 22.4. The Balaban J connectivity index is 1.52. The second-order valence-electron chi connectivity index (χ2n) is 8.22. The minimum absolute atomic E-state index is 0.0939. The molecule has 1 unspecified atom stereocenters. The molecule has 0 fully saturated rings. The number of hydrogen-bond donors (Lipinski definition) is 1. The number of amides is 2.